The van der Waals surface area contributed by atoms with Crippen LogP contribution in [0.2, 0.25) is 0 Å². The van der Waals surface area contributed by atoms with Crippen molar-refractivity contribution >= 4 is 17.9 Å². The number of rotatable bonds is 50. The molecule has 0 aliphatic carbocycles. The maximum absolute atomic E-state index is 12.8. The van der Waals surface area contributed by atoms with Gasteiger partial charge in [-0.15, -0.1) is 0 Å². The monoisotopic (exact) mass is 891 g/mol. The minimum absolute atomic E-state index is 0.0645. The minimum Gasteiger partial charge on any atom is -0.462 e. The third kappa shape index (κ3) is 49.7. The fraction of sp³-hybridized carbons (Fsp3) is 0.947. The molecular formula is C57H110O6. The summed E-state index contributed by atoms with van der Waals surface area (Å²) in [5, 5.41) is 0. The Balaban J connectivity index is 4.26. The number of carbonyl (C=O) groups excluding carboxylic acids is 3. The van der Waals surface area contributed by atoms with Gasteiger partial charge in [-0.2, -0.15) is 0 Å². The standard InChI is InChI=1S/C57H110O6/c1-7-53(6)45-39-33-29-30-35-41-47-56(59)62-50-54(49-61-55(58)46-40-34-27-23-19-16-12-14-18-22-26-32-38-44-52(4)5)63-57(60)48-42-36-28-24-20-15-11-9-8-10-13-17-21-25-31-37-43-51(2)3/h51-54H,7-50H2,1-6H3/t53?,54-/m1/s1. The zero-order chi connectivity index (χ0) is 46.3. The van der Waals surface area contributed by atoms with Gasteiger partial charge in [0.15, 0.2) is 6.10 Å². The van der Waals surface area contributed by atoms with E-state index < -0.39 is 6.10 Å². The molecule has 0 amide bonds. The highest BCUT2D eigenvalue weighted by atomic mass is 16.6. The average Bonchev–Trinajstić information content (AvgIpc) is 3.25. The molecule has 0 aliphatic rings. The van der Waals surface area contributed by atoms with Crippen molar-refractivity contribution in [3.05, 3.63) is 0 Å². The predicted octanol–water partition coefficient (Wildman–Crippen LogP) is 18.3. The quantitative estimate of drug-likeness (QED) is 0.0344. The molecule has 0 radical (unpaired) electrons. The van der Waals surface area contributed by atoms with E-state index in [1.165, 1.54) is 193 Å². The average molecular weight is 892 g/mol. The first-order valence-electron chi connectivity index (χ1n) is 28.1. The number of hydrogen-bond acceptors (Lipinski definition) is 6. The van der Waals surface area contributed by atoms with Gasteiger partial charge in [0.05, 0.1) is 0 Å². The second kappa shape index (κ2) is 48.3. The van der Waals surface area contributed by atoms with Crippen LogP contribution in [0, 0.1) is 17.8 Å². The molecule has 0 aromatic carbocycles. The van der Waals surface area contributed by atoms with Crippen LogP contribution in [0.1, 0.15) is 311 Å². The summed E-state index contributed by atoms with van der Waals surface area (Å²) in [6.07, 6.45) is 49.5. The molecule has 0 bridgehead atoms. The molecule has 6 heteroatoms. The lowest BCUT2D eigenvalue weighted by atomic mass is 10.00. The highest BCUT2D eigenvalue weighted by Crippen LogP contribution is 2.18. The molecule has 374 valence electrons. The van der Waals surface area contributed by atoms with Gasteiger partial charge in [0, 0.05) is 19.3 Å². The van der Waals surface area contributed by atoms with E-state index in [9.17, 15) is 14.4 Å². The molecule has 0 aromatic rings. The maximum Gasteiger partial charge on any atom is 0.306 e. The first kappa shape index (κ1) is 61.4. The van der Waals surface area contributed by atoms with E-state index >= 15 is 0 Å². The van der Waals surface area contributed by atoms with Gasteiger partial charge in [0.25, 0.3) is 0 Å². The van der Waals surface area contributed by atoms with Crippen molar-refractivity contribution in [3.8, 4) is 0 Å². The number of hydrogen-bond donors (Lipinski definition) is 0. The van der Waals surface area contributed by atoms with Gasteiger partial charge in [-0.05, 0) is 37.0 Å². The van der Waals surface area contributed by atoms with Crippen molar-refractivity contribution in [1.82, 2.24) is 0 Å². The summed E-state index contributed by atoms with van der Waals surface area (Å²) in [4.78, 5) is 38.0. The third-order valence-electron chi connectivity index (χ3n) is 13.3. The molecule has 6 nitrogen and oxygen atoms in total. The number of unbranched alkanes of at least 4 members (excludes halogenated alkanes) is 32. The van der Waals surface area contributed by atoms with Crippen molar-refractivity contribution in [2.75, 3.05) is 13.2 Å². The molecule has 2 atom stereocenters. The molecule has 0 heterocycles. The number of carbonyl (C=O) groups is 3. The molecule has 0 rings (SSSR count). The second-order valence-electron chi connectivity index (χ2n) is 20.8. The Morgan fingerprint density at radius 2 is 0.556 bits per heavy atom. The number of ether oxygens (including phenoxy) is 3. The maximum atomic E-state index is 12.8. The topological polar surface area (TPSA) is 78.9 Å². The highest BCUT2D eigenvalue weighted by molar-refractivity contribution is 5.71. The lowest BCUT2D eigenvalue weighted by Crippen LogP contribution is -2.30. The van der Waals surface area contributed by atoms with E-state index in [1.807, 2.05) is 0 Å². The molecule has 0 saturated carbocycles. The largest absolute Gasteiger partial charge is 0.462 e. The summed E-state index contributed by atoms with van der Waals surface area (Å²) < 4.78 is 16.9. The van der Waals surface area contributed by atoms with Crippen molar-refractivity contribution < 1.29 is 28.6 Å². The smallest absolute Gasteiger partial charge is 0.306 e. The van der Waals surface area contributed by atoms with Crippen molar-refractivity contribution in [2.45, 2.75) is 317 Å². The normalized spacial score (nSPS) is 12.6. The Morgan fingerprint density at radius 3 is 0.825 bits per heavy atom. The first-order valence-corrected chi connectivity index (χ1v) is 28.1. The fourth-order valence-electron chi connectivity index (χ4n) is 8.61. The van der Waals surface area contributed by atoms with E-state index in [-0.39, 0.29) is 31.1 Å². The van der Waals surface area contributed by atoms with E-state index in [2.05, 4.69) is 41.5 Å². The van der Waals surface area contributed by atoms with Crippen LogP contribution in [0.4, 0.5) is 0 Å². The van der Waals surface area contributed by atoms with Crippen LogP contribution in [0.15, 0.2) is 0 Å². The lowest BCUT2D eigenvalue weighted by Gasteiger charge is -2.18. The van der Waals surface area contributed by atoms with Gasteiger partial charge in [-0.25, -0.2) is 0 Å². The van der Waals surface area contributed by atoms with Crippen LogP contribution in [0.5, 0.6) is 0 Å². The van der Waals surface area contributed by atoms with Crippen LogP contribution in [-0.4, -0.2) is 37.2 Å². The van der Waals surface area contributed by atoms with Crippen LogP contribution in [0.25, 0.3) is 0 Å². The van der Waals surface area contributed by atoms with Crippen LogP contribution in [0.3, 0.4) is 0 Å². The van der Waals surface area contributed by atoms with E-state index in [0.717, 1.165) is 75.5 Å². The summed E-state index contributed by atoms with van der Waals surface area (Å²) in [5.41, 5.74) is 0. The Hall–Kier alpha value is -1.59. The molecule has 63 heavy (non-hydrogen) atoms. The Kier molecular flexibility index (Phi) is 47.1. The molecular weight excluding hydrogens is 781 g/mol. The van der Waals surface area contributed by atoms with Crippen LogP contribution >= 0.6 is 0 Å². The predicted molar refractivity (Wildman–Crippen MR) is 270 cm³/mol. The molecule has 0 aliphatic heterocycles. The molecule has 1 unspecified atom stereocenters. The molecule has 0 saturated heterocycles. The van der Waals surface area contributed by atoms with Gasteiger partial charge in [0.2, 0.25) is 0 Å². The summed E-state index contributed by atoms with van der Waals surface area (Å²) in [7, 11) is 0. The van der Waals surface area contributed by atoms with Crippen molar-refractivity contribution in [2.24, 2.45) is 17.8 Å². The first-order chi connectivity index (χ1) is 30.6. The molecule has 0 spiro atoms. The van der Waals surface area contributed by atoms with Gasteiger partial charge < -0.3 is 14.2 Å². The van der Waals surface area contributed by atoms with Crippen LogP contribution < -0.4 is 0 Å². The Labute approximate surface area is 393 Å². The summed E-state index contributed by atoms with van der Waals surface area (Å²) in [6.45, 7) is 13.7. The third-order valence-corrected chi connectivity index (χ3v) is 13.3. The van der Waals surface area contributed by atoms with Crippen molar-refractivity contribution in [1.29, 1.82) is 0 Å². The number of esters is 3. The summed E-state index contributed by atoms with van der Waals surface area (Å²) >= 11 is 0. The Bertz CT molecular complexity index is 978. The molecule has 0 aromatic heterocycles. The second-order valence-corrected chi connectivity index (χ2v) is 20.8. The van der Waals surface area contributed by atoms with Gasteiger partial charge in [-0.3, -0.25) is 14.4 Å². The zero-order valence-corrected chi connectivity index (χ0v) is 43.4. The summed E-state index contributed by atoms with van der Waals surface area (Å²) in [5.74, 6) is 1.66. The van der Waals surface area contributed by atoms with E-state index in [4.69, 9.17) is 14.2 Å². The van der Waals surface area contributed by atoms with Gasteiger partial charge in [0.1, 0.15) is 13.2 Å². The Morgan fingerprint density at radius 1 is 0.317 bits per heavy atom. The van der Waals surface area contributed by atoms with Gasteiger partial charge in [-0.1, -0.05) is 273 Å². The lowest BCUT2D eigenvalue weighted by molar-refractivity contribution is -0.167. The minimum atomic E-state index is -0.764. The zero-order valence-electron chi connectivity index (χ0n) is 43.4. The summed E-state index contributed by atoms with van der Waals surface area (Å²) in [6, 6.07) is 0. The fourth-order valence-corrected chi connectivity index (χ4v) is 8.61. The van der Waals surface area contributed by atoms with Gasteiger partial charge >= 0.3 is 17.9 Å². The van der Waals surface area contributed by atoms with Crippen LogP contribution in [-0.2, 0) is 28.6 Å². The molecule has 0 N–H and O–H groups in total. The van der Waals surface area contributed by atoms with Crippen molar-refractivity contribution in [3.63, 3.8) is 0 Å². The SMILES string of the molecule is CCC(C)CCCCCCCCC(=O)OC[C@@H](COC(=O)CCCCCCCCCCCCCCCC(C)C)OC(=O)CCCCCCCCCCCCCCCCCCC(C)C. The highest BCUT2D eigenvalue weighted by Gasteiger charge is 2.19. The van der Waals surface area contributed by atoms with E-state index in [1.54, 1.807) is 0 Å². The van der Waals surface area contributed by atoms with E-state index in [0.29, 0.717) is 19.3 Å². The molecule has 0 fully saturated rings.